The second kappa shape index (κ2) is 6.54. The van der Waals surface area contributed by atoms with Crippen LogP contribution in [-0.2, 0) is 4.79 Å². The minimum absolute atomic E-state index is 0.0811. The molecule has 5 nitrogen and oxygen atoms in total. The van der Waals surface area contributed by atoms with Gasteiger partial charge < -0.3 is 15.5 Å². The second-order valence-corrected chi connectivity index (χ2v) is 7.08. The van der Waals surface area contributed by atoms with Gasteiger partial charge in [-0.15, -0.1) is 11.8 Å². The van der Waals surface area contributed by atoms with E-state index in [1.54, 1.807) is 16.7 Å². The van der Waals surface area contributed by atoms with Crippen molar-refractivity contribution in [1.29, 1.82) is 0 Å². The highest BCUT2D eigenvalue weighted by molar-refractivity contribution is 7.98. The molecule has 128 valence electrons. The summed E-state index contributed by atoms with van der Waals surface area (Å²) in [5.74, 6) is -0.209. The maximum Gasteiger partial charge on any atom is 0.256 e. The third-order valence-electron chi connectivity index (χ3n) is 4.74. The Morgan fingerprint density at radius 2 is 1.84 bits per heavy atom. The summed E-state index contributed by atoms with van der Waals surface area (Å²) in [6.45, 7) is 1.75. The first-order chi connectivity index (χ1) is 12.2. The number of benzene rings is 2. The van der Waals surface area contributed by atoms with Crippen LogP contribution in [0.5, 0.6) is 0 Å². The predicted octanol–water partition coefficient (Wildman–Crippen LogP) is 2.44. The van der Waals surface area contributed by atoms with Crippen LogP contribution in [0.25, 0.3) is 11.1 Å². The van der Waals surface area contributed by atoms with Crippen molar-refractivity contribution >= 4 is 29.3 Å². The predicted molar refractivity (Wildman–Crippen MR) is 100.0 cm³/mol. The molecule has 6 heteroatoms. The van der Waals surface area contributed by atoms with Crippen LogP contribution in [0.3, 0.4) is 0 Å². The molecule has 1 atom stereocenters. The number of nitrogens with zero attached hydrogens (tertiary/aromatic N) is 1. The number of nitrogens with one attached hydrogen (secondary N) is 2. The molecule has 1 fully saturated rings. The second-order valence-electron chi connectivity index (χ2n) is 6.20. The maximum atomic E-state index is 13.0. The van der Waals surface area contributed by atoms with E-state index in [1.807, 2.05) is 24.5 Å². The number of hydrogen-bond acceptors (Lipinski definition) is 4. The van der Waals surface area contributed by atoms with Crippen LogP contribution in [0.15, 0.2) is 47.4 Å². The van der Waals surface area contributed by atoms with Gasteiger partial charge in [0.05, 0.1) is 11.3 Å². The Morgan fingerprint density at radius 3 is 2.60 bits per heavy atom. The first-order valence-corrected chi connectivity index (χ1v) is 9.51. The first-order valence-electron chi connectivity index (χ1n) is 8.28. The zero-order valence-electron chi connectivity index (χ0n) is 13.9. The van der Waals surface area contributed by atoms with E-state index >= 15 is 0 Å². The van der Waals surface area contributed by atoms with Gasteiger partial charge >= 0.3 is 0 Å². The van der Waals surface area contributed by atoms with Gasteiger partial charge in [0.25, 0.3) is 5.91 Å². The molecule has 2 aromatic rings. The van der Waals surface area contributed by atoms with E-state index in [-0.39, 0.29) is 11.8 Å². The van der Waals surface area contributed by atoms with Crippen molar-refractivity contribution in [3.8, 4) is 11.1 Å². The first kappa shape index (κ1) is 16.2. The van der Waals surface area contributed by atoms with E-state index in [1.165, 1.54) is 4.90 Å². The van der Waals surface area contributed by atoms with Crippen molar-refractivity contribution in [2.24, 2.45) is 0 Å². The number of amides is 2. The van der Waals surface area contributed by atoms with Gasteiger partial charge in [-0.1, -0.05) is 18.2 Å². The third kappa shape index (κ3) is 2.92. The van der Waals surface area contributed by atoms with Crippen molar-refractivity contribution in [2.45, 2.75) is 10.9 Å². The number of carbonyl (C=O) groups excluding carboxylic acids is 2. The number of carbonyl (C=O) groups is 2. The largest absolute Gasteiger partial charge is 0.324 e. The van der Waals surface area contributed by atoms with Gasteiger partial charge in [0.1, 0.15) is 6.04 Å². The van der Waals surface area contributed by atoms with E-state index in [0.717, 1.165) is 11.1 Å². The summed E-state index contributed by atoms with van der Waals surface area (Å²) >= 11 is 1.70. The van der Waals surface area contributed by atoms with Crippen LogP contribution in [0.1, 0.15) is 10.4 Å². The molecule has 0 spiro atoms. The fourth-order valence-corrected chi connectivity index (χ4v) is 3.75. The third-order valence-corrected chi connectivity index (χ3v) is 5.48. The van der Waals surface area contributed by atoms with Crippen LogP contribution in [-0.4, -0.2) is 48.6 Å². The lowest BCUT2D eigenvalue weighted by molar-refractivity contribution is -0.120. The van der Waals surface area contributed by atoms with Gasteiger partial charge in [-0.2, -0.15) is 0 Å². The number of anilines is 1. The van der Waals surface area contributed by atoms with Crippen molar-refractivity contribution in [3.05, 3.63) is 48.0 Å². The van der Waals surface area contributed by atoms with Crippen molar-refractivity contribution < 1.29 is 9.59 Å². The molecule has 2 aromatic carbocycles. The molecular formula is C19H19N3O2S. The van der Waals surface area contributed by atoms with Gasteiger partial charge in [-0.25, -0.2) is 0 Å². The maximum absolute atomic E-state index is 13.0. The lowest BCUT2D eigenvalue weighted by Gasteiger charge is -2.33. The molecule has 0 saturated carbocycles. The summed E-state index contributed by atoms with van der Waals surface area (Å²) in [6, 6.07) is 13.5. The molecule has 0 bridgehead atoms. The van der Waals surface area contributed by atoms with E-state index in [0.29, 0.717) is 30.9 Å². The van der Waals surface area contributed by atoms with E-state index in [2.05, 4.69) is 34.9 Å². The Labute approximate surface area is 150 Å². The van der Waals surface area contributed by atoms with E-state index in [4.69, 9.17) is 0 Å². The minimum Gasteiger partial charge on any atom is -0.324 e. The van der Waals surface area contributed by atoms with Gasteiger partial charge in [0.15, 0.2) is 0 Å². The quantitative estimate of drug-likeness (QED) is 0.814. The number of piperazine rings is 1. The summed E-state index contributed by atoms with van der Waals surface area (Å²) in [5, 5.41) is 6.08. The number of thioether (sulfide) groups is 1. The Kier molecular flexibility index (Phi) is 4.23. The molecule has 2 heterocycles. The Morgan fingerprint density at radius 1 is 1.08 bits per heavy atom. The average Bonchev–Trinajstić information content (AvgIpc) is 2.77. The fourth-order valence-electron chi connectivity index (χ4n) is 3.35. The number of rotatable bonds is 2. The monoisotopic (exact) mass is 353 g/mol. The molecule has 0 aromatic heterocycles. The molecule has 2 aliphatic heterocycles. The standard InChI is InChI=1S/C19H19N3O2S/c1-25-14-5-2-12(3-6-14)13-4-7-16-15(10-13)19(24)22-9-8-20-11-17(22)18(23)21-16/h2-7,10,17,20H,8-9,11H2,1H3,(H,21,23). The molecular weight excluding hydrogens is 334 g/mol. The summed E-state index contributed by atoms with van der Waals surface area (Å²) in [6.07, 6.45) is 2.04. The highest BCUT2D eigenvalue weighted by Crippen LogP contribution is 2.30. The van der Waals surface area contributed by atoms with E-state index < -0.39 is 6.04 Å². The molecule has 1 saturated heterocycles. The van der Waals surface area contributed by atoms with Crippen molar-refractivity contribution in [2.75, 3.05) is 31.2 Å². The lowest BCUT2D eigenvalue weighted by Crippen LogP contribution is -2.57. The zero-order chi connectivity index (χ0) is 17.4. The smallest absolute Gasteiger partial charge is 0.256 e. The highest BCUT2D eigenvalue weighted by Gasteiger charge is 2.36. The number of fused-ring (bicyclic) bond motifs is 2. The summed E-state index contributed by atoms with van der Waals surface area (Å²) < 4.78 is 0. The lowest BCUT2D eigenvalue weighted by atomic mass is 10.0. The van der Waals surface area contributed by atoms with Gasteiger partial charge in [0, 0.05) is 24.5 Å². The SMILES string of the molecule is CSc1ccc(-c2ccc3c(c2)C(=O)N2CCNCC2C(=O)N3)cc1. The number of hydrogen-bond donors (Lipinski definition) is 2. The molecule has 2 amide bonds. The van der Waals surface area contributed by atoms with Gasteiger partial charge in [-0.3, -0.25) is 9.59 Å². The van der Waals surface area contributed by atoms with Crippen LogP contribution < -0.4 is 10.6 Å². The molecule has 0 radical (unpaired) electrons. The topological polar surface area (TPSA) is 61.4 Å². The zero-order valence-corrected chi connectivity index (χ0v) is 14.7. The molecule has 25 heavy (non-hydrogen) atoms. The van der Waals surface area contributed by atoms with Crippen LogP contribution >= 0.6 is 11.8 Å². The Hall–Kier alpha value is -2.31. The highest BCUT2D eigenvalue weighted by atomic mass is 32.2. The van der Waals surface area contributed by atoms with E-state index in [9.17, 15) is 9.59 Å². The average molecular weight is 353 g/mol. The summed E-state index contributed by atoms with van der Waals surface area (Å²) in [7, 11) is 0. The Balaban J connectivity index is 1.74. The molecule has 4 rings (SSSR count). The van der Waals surface area contributed by atoms with Gasteiger partial charge in [0.2, 0.25) is 5.91 Å². The fraction of sp³-hybridized carbons (Fsp3) is 0.263. The molecule has 2 N–H and O–H groups in total. The Bertz CT molecular complexity index is 835. The van der Waals surface area contributed by atoms with Gasteiger partial charge in [-0.05, 0) is 41.6 Å². The summed E-state index contributed by atoms with van der Waals surface area (Å²) in [4.78, 5) is 28.3. The van der Waals surface area contributed by atoms with Crippen molar-refractivity contribution in [3.63, 3.8) is 0 Å². The summed E-state index contributed by atoms with van der Waals surface area (Å²) in [5.41, 5.74) is 3.18. The van der Waals surface area contributed by atoms with Crippen LogP contribution in [0.2, 0.25) is 0 Å². The molecule has 2 aliphatic rings. The van der Waals surface area contributed by atoms with Crippen LogP contribution in [0.4, 0.5) is 5.69 Å². The molecule has 0 aliphatic carbocycles. The minimum atomic E-state index is -0.446. The molecule has 1 unspecified atom stereocenters. The normalized spacial score (nSPS) is 19.7. The van der Waals surface area contributed by atoms with Crippen LogP contribution in [0, 0.1) is 0 Å². The van der Waals surface area contributed by atoms with Crippen molar-refractivity contribution in [1.82, 2.24) is 10.2 Å².